The summed E-state index contributed by atoms with van der Waals surface area (Å²) in [4.78, 5) is 20.7. The molecule has 0 atom stereocenters. The summed E-state index contributed by atoms with van der Waals surface area (Å²) in [6, 6.07) is 7.74. The Kier molecular flexibility index (Phi) is 7.00. The van der Waals surface area contributed by atoms with Gasteiger partial charge >= 0.3 is 0 Å². The van der Waals surface area contributed by atoms with E-state index in [0.29, 0.717) is 45.8 Å². The van der Waals surface area contributed by atoms with Crippen molar-refractivity contribution in [1.82, 2.24) is 9.97 Å². The Balaban J connectivity index is 2.02. The molecule has 2 N–H and O–H groups in total. The standard InChI is InChI=1S/C20H17BrClFN4O2/c1-2-29-18-10-16-13(9-17(18)27-19(28)4-3-7-21)20(25-11-24-16)26-12-5-6-15(23)14(22)8-12/h3-6,8-11H,2,7H2,1H3,(H,27,28)(H,24,25,26)/b4-3+. The fraction of sp³-hybridized carbons (Fsp3) is 0.150. The number of amides is 1. The minimum Gasteiger partial charge on any atom is -0.492 e. The summed E-state index contributed by atoms with van der Waals surface area (Å²) in [5.41, 5.74) is 1.67. The van der Waals surface area contributed by atoms with Gasteiger partial charge < -0.3 is 15.4 Å². The molecule has 0 aliphatic carbocycles. The molecule has 0 spiro atoms. The van der Waals surface area contributed by atoms with Gasteiger partial charge in [-0.3, -0.25) is 4.79 Å². The van der Waals surface area contributed by atoms with E-state index in [4.69, 9.17) is 16.3 Å². The molecule has 0 unspecified atom stereocenters. The molecule has 150 valence electrons. The van der Waals surface area contributed by atoms with E-state index in [0.717, 1.165) is 0 Å². The van der Waals surface area contributed by atoms with Gasteiger partial charge in [-0.2, -0.15) is 0 Å². The minimum absolute atomic E-state index is 0.00137. The molecule has 2 aromatic carbocycles. The average molecular weight is 480 g/mol. The monoisotopic (exact) mass is 478 g/mol. The lowest BCUT2D eigenvalue weighted by molar-refractivity contribution is -0.111. The molecule has 0 fully saturated rings. The van der Waals surface area contributed by atoms with Crippen molar-refractivity contribution in [2.24, 2.45) is 0 Å². The van der Waals surface area contributed by atoms with Gasteiger partial charge in [0.1, 0.15) is 23.7 Å². The van der Waals surface area contributed by atoms with Crippen LogP contribution in [0.25, 0.3) is 10.9 Å². The highest BCUT2D eigenvalue weighted by molar-refractivity contribution is 9.09. The van der Waals surface area contributed by atoms with Gasteiger partial charge in [0.2, 0.25) is 5.91 Å². The summed E-state index contributed by atoms with van der Waals surface area (Å²) in [5.74, 6) is 0.177. The number of carbonyl (C=O) groups excluding carboxylic acids is 1. The molecule has 9 heteroatoms. The van der Waals surface area contributed by atoms with Crippen LogP contribution in [0.3, 0.4) is 0 Å². The SMILES string of the molecule is CCOc1cc2ncnc(Nc3ccc(F)c(Cl)c3)c2cc1NC(=O)/C=C/CBr. The van der Waals surface area contributed by atoms with Crippen molar-refractivity contribution in [1.29, 1.82) is 0 Å². The van der Waals surface area contributed by atoms with E-state index in [1.54, 1.807) is 24.3 Å². The maximum atomic E-state index is 13.4. The number of alkyl halides is 1. The molecule has 29 heavy (non-hydrogen) atoms. The Hall–Kier alpha value is -2.71. The van der Waals surface area contributed by atoms with Crippen LogP contribution in [-0.4, -0.2) is 27.8 Å². The van der Waals surface area contributed by atoms with Gasteiger partial charge in [0.15, 0.2) is 0 Å². The zero-order chi connectivity index (χ0) is 20.8. The summed E-state index contributed by atoms with van der Waals surface area (Å²) in [6.45, 7) is 2.28. The van der Waals surface area contributed by atoms with E-state index in [1.807, 2.05) is 6.92 Å². The molecular weight excluding hydrogens is 463 g/mol. The van der Waals surface area contributed by atoms with E-state index >= 15 is 0 Å². The van der Waals surface area contributed by atoms with Gasteiger partial charge in [0, 0.05) is 28.5 Å². The van der Waals surface area contributed by atoms with Gasteiger partial charge in [-0.05, 0) is 31.2 Å². The zero-order valence-corrected chi connectivity index (χ0v) is 17.7. The maximum absolute atomic E-state index is 13.4. The Morgan fingerprint density at radius 1 is 1.31 bits per heavy atom. The fourth-order valence-corrected chi connectivity index (χ4v) is 2.96. The predicted octanol–water partition coefficient (Wildman–Crippen LogP) is 5.45. The molecular formula is C20H17BrClFN4O2. The van der Waals surface area contributed by atoms with E-state index < -0.39 is 5.82 Å². The van der Waals surface area contributed by atoms with Crippen molar-refractivity contribution in [3.8, 4) is 5.75 Å². The van der Waals surface area contributed by atoms with E-state index in [9.17, 15) is 9.18 Å². The first kappa shape index (κ1) is 21.0. The Morgan fingerprint density at radius 3 is 2.86 bits per heavy atom. The van der Waals surface area contributed by atoms with Crippen molar-refractivity contribution in [3.63, 3.8) is 0 Å². The van der Waals surface area contributed by atoms with E-state index in [-0.39, 0.29) is 10.9 Å². The maximum Gasteiger partial charge on any atom is 0.248 e. The first-order valence-electron chi connectivity index (χ1n) is 8.69. The van der Waals surface area contributed by atoms with Crippen molar-refractivity contribution in [2.75, 3.05) is 22.6 Å². The number of benzene rings is 2. The van der Waals surface area contributed by atoms with Crippen LogP contribution in [0.15, 0.2) is 48.8 Å². The number of allylic oxidation sites excluding steroid dienone is 1. The first-order chi connectivity index (χ1) is 14.0. The molecule has 1 heterocycles. The average Bonchev–Trinajstić information content (AvgIpc) is 2.70. The number of halogens is 3. The Bertz CT molecular complexity index is 1080. The van der Waals surface area contributed by atoms with Gasteiger partial charge in [-0.15, -0.1) is 0 Å². The van der Waals surface area contributed by atoms with Crippen LogP contribution in [0.2, 0.25) is 5.02 Å². The number of nitrogens with zero attached hydrogens (tertiary/aromatic N) is 2. The van der Waals surface area contributed by atoms with Crippen LogP contribution >= 0.6 is 27.5 Å². The van der Waals surface area contributed by atoms with Crippen LogP contribution in [0, 0.1) is 5.82 Å². The summed E-state index contributed by atoms with van der Waals surface area (Å²) in [6.07, 6.45) is 4.52. The van der Waals surface area contributed by atoms with E-state index in [1.165, 1.54) is 24.5 Å². The molecule has 0 saturated heterocycles. The van der Waals surface area contributed by atoms with Crippen LogP contribution < -0.4 is 15.4 Å². The van der Waals surface area contributed by atoms with Crippen molar-refractivity contribution in [2.45, 2.75) is 6.92 Å². The number of nitrogens with one attached hydrogen (secondary N) is 2. The second kappa shape index (κ2) is 9.67. The number of hydrogen-bond acceptors (Lipinski definition) is 5. The molecule has 0 aliphatic heterocycles. The predicted molar refractivity (Wildman–Crippen MR) is 117 cm³/mol. The van der Waals surface area contributed by atoms with Gasteiger partial charge in [0.05, 0.1) is 22.8 Å². The second-order valence-corrected chi connectivity index (χ2v) is 6.88. The van der Waals surface area contributed by atoms with Gasteiger partial charge in [-0.25, -0.2) is 14.4 Å². The third-order valence-electron chi connectivity index (χ3n) is 3.84. The highest BCUT2D eigenvalue weighted by Gasteiger charge is 2.13. The summed E-state index contributed by atoms with van der Waals surface area (Å²) in [7, 11) is 0. The number of hydrogen-bond donors (Lipinski definition) is 2. The number of rotatable bonds is 7. The third kappa shape index (κ3) is 5.21. The minimum atomic E-state index is -0.507. The Labute approximate surface area is 180 Å². The molecule has 6 nitrogen and oxygen atoms in total. The fourth-order valence-electron chi connectivity index (χ4n) is 2.59. The molecule has 3 aromatic rings. The number of carbonyl (C=O) groups is 1. The molecule has 0 saturated carbocycles. The molecule has 3 rings (SSSR count). The highest BCUT2D eigenvalue weighted by Crippen LogP contribution is 2.33. The lowest BCUT2D eigenvalue weighted by Gasteiger charge is -2.14. The smallest absolute Gasteiger partial charge is 0.248 e. The largest absolute Gasteiger partial charge is 0.492 e. The zero-order valence-electron chi connectivity index (χ0n) is 15.4. The van der Waals surface area contributed by atoms with Crippen LogP contribution in [0.1, 0.15) is 6.92 Å². The third-order valence-corrected chi connectivity index (χ3v) is 4.50. The first-order valence-corrected chi connectivity index (χ1v) is 10.2. The highest BCUT2D eigenvalue weighted by atomic mass is 79.9. The van der Waals surface area contributed by atoms with Gasteiger partial charge in [0.25, 0.3) is 0 Å². The topological polar surface area (TPSA) is 76.1 Å². The number of fused-ring (bicyclic) bond motifs is 1. The Morgan fingerprint density at radius 2 is 2.14 bits per heavy atom. The summed E-state index contributed by atoms with van der Waals surface area (Å²) >= 11 is 9.09. The van der Waals surface area contributed by atoms with Crippen LogP contribution in [-0.2, 0) is 4.79 Å². The lowest BCUT2D eigenvalue weighted by Crippen LogP contribution is -2.10. The van der Waals surface area contributed by atoms with Crippen molar-refractivity contribution >= 4 is 61.5 Å². The van der Waals surface area contributed by atoms with Gasteiger partial charge in [-0.1, -0.05) is 33.6 Å². The molecule has 1 aromatic heterocycles. The number of aromatic nitrogens is 2. The van der Waals surface area contributed by atoms with E-state index in [2.05, 4.69) is 36.5 Å². The molecule has 0 radical (unpaired) electrons. The summed E-state index contributed by atoms with van der Waals surface area (Å²) < 4.78 is 19.1. The molecule has 0 bridgehead atoms. The molecule has 0 aliphatic rings. The number of anilines is 3. The van der Waals surface area contributed by atoms with Crippen LogP contribution in [0.5, 0.6) is 5.75 Å². The second-order valence-electron chi connectivity index (χ2n) is 5.82. The summed E-state index contributed by atoms with van der Waals surface area (Å²) in [5, 5.41) is 7.13. The quantitative estimate of drug-likeness (QED) is 0.348. The molecule has 1 amide bonds. The number of ether oxygens (including phenoxy) is 1. The van der Waals surface area contributed by atoms with Crippen LogP contribution in [0.4, 0.5) is 21.6 Å². The lowest BCUT2D eigenvalue weighted by atomic mass is 10.1. The van der Waals surface area contributed by atoms with Crippen molar-refractivity contribution in [3.05, 3.63) is 59.7 Å². The normalized spacial score (nSPS) is 11.0. The van der Waals surface area contributed by atoms with Crippen molar-refractivity contribution < 1.29 is 13.9 Å².